The van der Waals surface area contributed by atoms with Crippen LogP contribution in [0.4, 0.5) is 0 Å². The standard InChI is InChI=1S/C7H15NO2S/c1-3-7(4-5-7)6-11(9,10)8-2/h8H,3-6H2,1-2H3. The summed E-state index contributed by atoms with van der Waals surface area (Å²) in [7, 11) is -1.50. The third-order valence-electron chi connectivity index (χ3n) is 2.51. The van der Waals surface area contributed by atoms with E-state index in [9.17, 15) is 8.42 Å². The van der Waals surface area contributed by atoms with Gasteiger partial charge in [-0.15, -0.1) is 0 Å². The van der Waals surface area contributed by atoms with Gasteiger partial charge in [-0.2, -0.15) is 0 Å². The highest BCUT2D eigenvalue weighted by atomic mass is 32.2. The van der Waals surface area contributed by atoms with E-state index in [1.165, 1.54) is 7.05 Å². The Balaban J connectivity index is 2.55. The van der Waals surface area contributed by atoms with E-state index in [4.69, 9.17) is 0 Å². The van der Waals surface area contributed by atoms with Crippen LogP contribution in [0.15, 0.2) is 0 Å². The number of hydrogen-bond donors (Lipinski definition) is 1. The zero-order valence-electron chi connectivity index (χ0n) is 7.05. The normalized spacial score (nSPS) is 21.6. The summed E-state index contributed by atoms with van der Waals surface area (Å²) in [6, 6.07) is 0. The molecule has 0 atom stereocenters. The number of sulfonamides is 1. The van der Waals surface area contributed by atoms with Gasteiger partial charge in [-0.1, -0.05) is 6.92 Å². The van der Waals surface area contributed by atoms with Crippen molar-refractivity contribution >= 4 is 10.0 Å². The van der Waals surface area contributed by atoms with Crippen molar-refractivity contribution in [2.75, 3.05) is 12.8 Å². The van der Waals surface area contributed by atoms with E-state index in [2.05, 4.69) is 11.6 Å². The molecule has 3 nitrogen and oxygen atoms in total. The average molecular weight is 177 g/mol. The van der Waals surface area contributed by atoms with Gasteiger partial charge in [-0.05, 0) is 31.7 Å². The predicted octanol–water partition coefficient (Wildman–Crippen LogP) is 0.726. The Morgan fingerprint density at radius 2 is 2.00 bits per heavy atom. The second-order valence-corrected chi connectivity index (χ2v) is 5.24. The minimum absolute atomic E-state index is 0.127. The fourth-order valence-electron chi connectivity index (χ4n) is 1.25. The summed E-state index contributed by atoms with van der Waals surface area (Å²) in [6.45, 7) is 2.05. The van der Waals surface area contributed by atoms with Crippen LogP contribution in [0.2, 0.25) is 0 Å². The lowest BCUT2D eigenvalue weighted by molar-refractivity contribution is 0.521. The van der Waals surface area contributed by atoms with Gasteiger partial charge in [0.15, 0.2) is 0 Å². The summed E-state index contributed by atoms with van der Waals surface area (Å²) < 4.78 is 24.5. The van der Waals surface area contributed by atoms with Crippen LogP contribution in [0, 0.1) is 5.41 Å². The molecule has 0 aromatic carbocycles. The Kier molecular flexibility index (Phi) is 2.25. The van der Waals surface area contributed by atoms with E-state index in [1.807, 2.05) is 0 Å². The van der Waals surface area contributed by atoms with E-state index >= 15 is 0 Å². The summed E-state index contributed by atoms with van der Waals surface area (Å²) in [5.41, 5.74) is 0.127. The molecule has 1 N–H and O–H groups in total. The first kappa shape index (κ1) is 9.00. The Morgan fingerprint density at radius 3 is 2.27 bits per heavy atom. The maximum Gasteiger partial charge on any atom is 0.211 e. The number of hydrogen-bond acceptors (Lipinski definition) is 2. The first-order valence-electron chi connectivity index (χ1n) is 3.95. The SMILES string of the molecule is CCC1(CS(=O)(=O)NC)CC1. The van der Waals surface area contributed by atoms with Crippen LogP contribution >= 0.6 is 0 Å². The van der Waals surface area contributed by atoms with Gasteiger partial charge in [-0.25, -0.2) is 13.1 Å². The highest BCUT2D eigenvalue weighted by molar-refractivity contribution is 7.89. The zero-order chi connectivity index (χ0) is 8.54. The first-order chi connectivity index (χ1) is 5.04. The summed E-state index contributed by atoms with van der Waals surface area (Å²) in [5, 5.41) is 0. The van der Waals surface area contributed by atoms with Gasteiger partial charge in [-0.3, -0.25) is 0 Å². The molecule has 1 aliphatic carbocycles. The van der Waals surface area contributed by atoms with E-state index in [1.54, 1.807) is 0 Å². The Hall–Kier alpha value is -0.0900. The summed E-state index contributed by atoms with van der Waals surface area (Å²) >= 11 is 0. The predicted molar refractivity (Wildman–Crippen MR) is 44.8 cm³/mol. The fraction of sp³-hybridized carbons (Fsp3) is 1.00. The quantitative estimate of drug-likeness (QED) is 0.688. The second kappa shape index (κ2) is 2.75. The Bertz CT molecular complexity index is 229. The number of nitrogens with one attached hydrogen (secondary N) is 1. The highest BCUT2D eigenvalue weighted by Crippen LogP contribution is 2.49. The molecule has 0 bridgehead atoms. The molecule has 0 radical (unpaired) electrons. The van der Waals surface area contributed by atoms with Gasteiger partial charge in [0.2, 0.25) is 10.0 Å². The van der Waals surface area contributed by atoms with Crippen LogP contribution in [0.3, 0.4) is 0 Å². The summed E-state index contributed by atoms with van der Waals surface area (Å²) in [5.74, 6) is 0.312. The van der Waals surface area contributed by atoms with Crippen LogP contribution in [0.1, 0.15) is 26.2 Å². The van der Waals surface area contributed by atoms with Crippen molar-refractivity contribution in [3.05, 3.63) is 0 Å². The topological polar surface area (TPSA) is 46.2 Å². The smallest absolute Gasteiger partial charge is 0.211 e. The molecule has 1 saturated carbocycles. The van der Waals surface area contributed by atoms with Crippen LogP contribution in [-0.4, -0.2) is 21.2 Å². The van der Waals surface area contributed by atoms with Crippen molar-refractivity contribution in [1.82, 2.24) is 4.72 Å². The molecular formula is C7H15NO2S. The average Bonchev–Trinajstić information content (AvgIpc) is 2.69. The minimum Gasteiger partial charge on any atom is -0.218 e. The highest BCUT2D eigenvalue weighted by Gasteiger charge is 2.43. The van der Waals surface area contributed by atoms with Crippen molar-refractivity contribution in [2.45, 2.75) is 26.2 Å². The summed E-state index contributed by atoms with van der Waals surface area (Å²) in [6.07, 6.45) is 3.13. The molecule has 0 aromatic rings. The third kappa shape index (κ3) is 2.17. The molecule has 4 heteroatoms. The molecule has 66 valence electrons. The molecule has 0 heterocycles. The third-order valence-corrected chi connectivity index (χ3v) is 4.13. The molecule has 0 spiro atoms. The first-order valence-corrected chi connectivity index (χ1v) is 5.60. The molecule has 0 unspecified atom stereocenters. The molecule has 0 aromatic heterocycles. The lowest BCUT2D eigenvalue weighted by Crippen LogP contribution is -2.27. The van der Waals surface area contributed by atoms with E-state index in [0.29, 0.717) is 5.75 Å². The lowest BCUT2D eigenvalue weighted by Gasteiger charge is -2.10. The Labute approximate surface area is 68.2 Å². The van der Waals surface area contributed by atoms with Crippen LogP contribution in [-0.2, 0) is 10.0 Å². The Morgan fingerprint density at radius 1 is 1.45 bits per heavy atom. The molecule has 1 aliphatic rings. The maximum absolute atomic E-state index is 11.1. The molecule has 0 saturated heterocycles. The van der Waals surface area contributed by atoms with Gasteiger partial charge in [0.25, 0.3) is 0 Å². The van der Waals surface area contributed by atoms with Gasteiger partial charge < -0.3 is 0 Å². The van der Waals surface area contributed by atoms with E-state index in [-0.39, 0.29) is 5.41 Å². The molecule has 0 amide bonds. The van der Waals surface area contributed by atoms with Crippen molar-refractivity contribution in [2.24, 2.45) is 5.41 Å². The van der Waals surface area contributed by atoms with Crippen molar-refractivity contribution in [3.63, 3.8) is 0 Å². The van der Waals surface area contributed by atoms with Crippen LogP contribution in [0.5, 0.6) is 0 Å². The van der Waals surface area contributed by atoms with Crippen molar-refractivity contribution < 1.29 is 8.42 Å². The second-order valence-electron chi connectivity index (χ2n) is 3.32. The largest absolute Gasteiger partial charge is 0.218 e. The molecule has 1 fully saturated rings. The molecule has 0 aliphatic heterocycles. The number of rotatable bonds is 4. The van der Waals surface area contributed by atoms with Crippen LogP contribution in [0.25, 0.3) is 0 Å². The van der Waals surface area contributed by atoms with Crippen LogP contribution < -0.4 is 4.72 Å². The molecule has 1 rings (SSSR count). The van der Waals surface area contributed by atoms with Gasteiger partial charge >= 0.3 is 0 Å². The van der Waals surface area contributed by atoms with Gasteiger partial charge in [0.1, 0.15) is 0 Å². The monoisotopic (exact) mass is 177 g/mol. The van der Waals surface area contributed by atoms with E-state index in [0.717, 1.165) is 19.3 Å². The molecule has 11 heavy (non-hydrogen) atoms. The fourth-order valence-corrected chi connectivity index (χ4v) is 2.70. The zero-order valence-corrected chi connectivity index (χ0v) is 7.87. The lowest BCUT2D eigenvalue weighted by atomic mass is 10.1. The molecular weight excluding hydrogens is 162 g/mol. The van der Waals surface area contributed by atoms with Gasteiger partial charge in [0.05, 0.1) is 5.75 Å². The van der Waals surface area contributed by atoms with Crippen molar-refractivity contribution in [1.29, 1.82) is 0 Å². The summed E-state index contributed by atoms with van der Waals surface area (Å²) in [4.78, 5) is 0. The van der Waals surface area contributed by atoms with E-state index < -0.39 is 10.0 Å². The van der Waals surface area contributed by atoms with Gasteiger partial charge in [0, 0.05) is 0 Å². The van der Waals surface area contributed by atoms with Crippen molar-refractivity contribution in [3.8, 4) is 0 Å². The maximum atomic E-state index is 11.1. The minimum atomic E-state index is -2.98.